The SMILES string of the molecule is C=CCNCc1cc(Cl)cc(Cl)c1OCC(=O)O. The van der Waals surface area contributed by atoms with Crippen LogP contribution in [0.1, 0.15) is 5.56 Å². The Morgan fingerprint density at radius 1 is 1.50 bits per heavy atom. The predicted molar refractivity (Wildman–Crippen MR) is 71.5 cm³/mol. The molecule has 1 aromatic rings. The monoisotopic (exact) mass is 289 g/mol. The second-order valence-corrected chi connectivity index (χ2v) is 4.32. The number of carboxylic acids is 1. The molecule has 4 nitrogen and oxygen atoms in total. The van der Waals surface area contributed by atoms with Gasteiger partial charge in [-0.2, -0.15) is 0 Å². The molecule has 0 aliphatic heterocycles. The fraction of sp³-hybridized carbons (Fsp3) is 0.250. The maximum Gasteiger partial charge on any atom is 0.341 e. The van der Waals surface area contributed by atoms with Crippen LogP contribution in [-0.2, 0) is 11.3 Å². The van der Waals surface area contributed by atoms with E-state index in [4.69, 9.17) is 33.0 Å². The van der Waals surface area contributed by atoms with Crippen molar-refractivity contribution in [1.82, 2.24) is 5.32 Å². The Morgan fingerprint density at radius 3 is 2.83 bits per heavy atom. The average molecular weight is 290 g/mol. The Labute approximate surface area is 115 Å². The second kappa shape index (κ2) is 7.26. The van der Waals surface area contributed by atoms with Gasteiger partial charge in [0.1, 0.15) is 5.75 Å². The van der Waals surface area contributed by atoms with Gasteiger partial charge in [-0.1, -0.05) is 29.3 Å². The van der Waals surface area contributed by atoms with Crippen molar-refractivity contribution in [3.63, 3.8) is 0 Å². The lowest BCUT2D eigenvalue weighted by molar-refractivity contribution is -0.139. The lowest BCUT2D eigenvalue weighted by atomic mass is 10.2. The van der Waals surface area contributed by atoms with Gasteiger partial charge in [-0.25, -0.2) is 4.79 Å². The molecular formula is C12H13Cl2NO3. The Hall–Kier alpha value is -1.23. The van der Waals surface area contributed by atoms with Gasteiger partial charge >= 0.3 is 5.97 Å². The minimum absolute atomic E-state index is 0.291. The van der Waals surface area contributed by atoms with Gasteiger partial charge in [0.25, 0.3) is 0 Å². The van der Waals surface area contributed by atoms with E-state index in [1.807, 2.05) is 0 Å². The molecule has 0 unspecified atom stereocenters. The summed E-state index contributed by atoms with van der Waals surface area (Å²) in [6.45, 7) is 4.21. The van der Waals surface area contributed by atoms with E-state index < -0.39 is 12.6 Å². The molecule has 0 saturated carbocycles. The van der Waals surface area contributed by atoms with Crippen molar-refractivity contribution in [2.75, 3.05) is 13.2 Å². The smallest absolute Gasteiger partial charge is 0.341 e. The summed E-state index contributed by atoms with van der Waals surface area (Å²) in [5.74, 6) is -0.731. The molecule has 2 N–H and O–H groups in total. The number of hydrogen-bond acceptors (Lipinski definition) is 3. The lowest BCUT2D eigenvalue weighted by Crippen LogP contribution is -2.16. The summed E-state index contributed by atoms with van der Waals surface area (Å²) in [7, 11) is 0. The number of ether oxygens (including phenoxy) is 1. The van der Waals surface area contributed by atoms with Gasteiger partial charge in [-0.05, 0) is 12.1 Å². The summed E-state index contributed by atoms with van der Waals surface area (Å²) in [6, 6.07) is 3.19. The zero-order chi connectivity index (χ0) is 13.5. The quantitative estimate of drug-likeness (QED) is 0.599. The Bertz CT molecular complexity index is 449. The molecule has 0 saturated heterocycles. The fourth-order valence-electron chi connectivity index (χ4n) is 1.35. The summed E-state index contributed by atoms with van der Waals surface area (Å²) >= 11 is 11.9. The summed E-state index contributed by atoms with van der Waals surface area (Å²) in [5.41, 5.74) is 0.704. The number of halogens is 2. The Balaban J connectivity index is 2.89. The third kappa shape index (κ3) is 4.56. The Morgan fingerprint density at radius 2 is 2.22 bits per heavy atom. The fourth-order valence-corrected chi connectivity index (χ4v) is 1.94. The van der Waals surface area contributed by atoms with Crippen molar-refractivity contribution in [2.24, 2.45) is 0 Å². The van der Waals surface area contributed by atoms with Crippen molar-refractivity contribution in [1.29, 1.82) is 0 Å². The number of carbonyl (C=O) groups is 1. The molecular weight excluding hydrogens is 277 g/mol. The van der Waals surface area contributed by atoms with Crippen LogP contribution in [0.5, 0.6) is 5.75 Å². The first-order chi connectivity index (χ1) is 8.54. The van der Waals surface area contributed by atoms with Crippen LogP contribution in [0.25, 0.3) is 0 Å². The van der Waals surface area contributed by atoms with Gasteiger partial charge < -0.3 is 15.2 Å². The maximum atomic E-state index is 10.5. The van der Waals surface area contributed by atoms with Gasteiger partial charge in [0.15, 0.2) is 6.61 Å². The van der Waals surface area contributed by atoms with Gasteiger partial charge in [0.2, 0.25) is 0 Å². The molecule has 0 atom stereocenters. The molecule has 6 heteroatoms. The van der Waals surface area contributed by atoms with Crippen LogP contribution in [0.4, 0.5) is 0 Å². The number of benzene rings is 1. The van der Waals surface area contributed by atoms with Crippen molar-refractivity contribution in [2.45, 2.75) is 6.54 Å². The van der Waals surface area contributed by atoms with E-state index in [1.165, 1.54) is 6.07 Å². The molecule has 0 aliphatic rings. The third-order valence-corrected chi connectivity index (χ3v) is 2.53. The zero-order valence-corrected chi connectivity index (χ0v) is 11.1. The van der Waals surface area contributed by atoms with Crippen LogP contribution in [0, 0.1) is 0 Å². The van der Waals surface area contributed by atoms with Gasteiger partial charge in [0.05, 0.1) is 5.02 Å². The van der Waals surface area contributed by atoms with Crippen LogP contribution < -0.4 is 10.1 Å². The summed E-state index contributed by atoms with van der Waals surface area (Å²) in [5, 5.41) is 12.4. The van der Waals surface area contributed by atoms with Crippen molar-refractivity contribution >= 4 is 29.2 Å². The molecule has 0 radical (unpaired) electrons. The van der Waals surface area contributed by atoms with E-state index in [0.29, 0.717) is 34.4 Å². The van der Waals surface area contributed by atoms with Crippen molar-refractivity contribution < 1.29 is 14.6 Å². The highest BCUT2D eigenvalue weighted by Crippen LogP contribution is 2.32. The third-order valence-electron chi connectivity index (χ3n) is 2.03. The van der Waals surface area contributed by atoms with Crippen LogP contribution in [0.3, 0.4) is 0 Å². The highest BCUT2D eigenvalue weighted by molar-refractivity contribution is 6.35. The van der Waals surface area contributed by atoms with Crippen LogP contribution in [0.15, 0.2) is 24.8 Å². The molecule has 0 aliphatic carbocycles. The van der Waals surface area contributed by atoms with E-state index in [2.05, 4.69) is 11.9 Å². The molecule has 0 fully saturated rings. The minimum atomic E-state index is -1.06. The first-order valence-electron chi connectivity index (χ1n) is 5.18. The van der Waals surface area contributed by atoms with Gasteiger partial charge in [-0.3, -0.25) is 0 Å². The molecule has 1 aromatic carbocycles. The van der Waals surface area contributed by atoms with E-state index in [9.17, 15) is 4.79 Å². The van der Waals surface area contributed by atoms with Crippen molar-refractivity contribution in [3.05, 3.63) is 40.4 Å². The highest BCUT2D eigenvalue weighted by Gasteiger charge is 2.12. The molecule has 0 amide bonds. The second-order valence-electron chi connectivity index (χ2n) is 3.48. The Kier molecular flexibility index (Phi) is 5.98. The van der Waals surface area contributed by atoms with Gasteiger partial charge in [0, 0.05) is 23.7 Å². The largest absolute Gasteiger partial charge is 0.480 e. The first-order valence-corrected chi connectivity index (χ1v) is 5.94. The van der Waals surface area contributed by atoms with Crippen LogP contribution in [-0.4, -0.2) is 24.2 Å². The number of nitrogens with one attached hydrogen (secondary N) is 1. The van der Waals surface area contributed by atoms with Crippen LogP contribution in [0.2, 0.25) is 10.0 Å². The number of aliphatic carboxylic acids is 1. The number of rotatable bonds is 7. The van der Waals surface area contributed by atoms with E-state index >= 15 is 0 Å². The van der Waals surface area contributed by atoms with Crippen LogP contribution >= 0.6 is 23.2 Å². The predicted octanol–water partition coefficient (Wildman–Crippen LogP) is 2.73. The van der Waals surface area contributed by atoms with Crippen molar-refractivity contribution in [3.8, 4) is 5.75 Å². The molecule has 98 valence electrons. The molecule has 1 rings (SSSR count). The van der Waals surface area contributed by atoms with E-state index in [0.717, 1.165) is 0 Å². The standard InChI is InChI=1S/C12H13Cl2NO3/c1-2-3-15-6-8-4-9(13)5-10(14)12(8)18-7-11(16)17/h2,4-5,15H,1,3,6-7H2,(H,16,17). The maximum absolute atomic E-state index is 10.5. The molecule has 0 bridgehead atoms. The van der Waals surface area contributed by atoms with E-state index in [-0.39, 0.29) is 0 Å². The average Bonchev–Trinajstić information content (AvgIpc) is 2.27. The first kappa shape index (κ1) is 14.8. The lowest BCUT2D eigenvalue weighted by Gasteiger charge is -2.12. The molecule has 0 heterocycles. The normalized spacial score (nSPS) is 10.1. The summed E-state index contributed by atoms with van der Waals surface area (Å²) < 4.78 is 5.16. The highest BCUT2D eigenvalue weighted by atomic mass is 35.5. The number of carboxylic acid groups (broad SMARTS) is 1. The van der Waals surface area contributed by atoms with Gasteiger partial charge in [-0.15, -0.1) is 6.58 Å². The zero-order valence-electron chi connectivity index (χ0n) is 9.58. The molecule has 0 spiro atoms. The number of hydrogen-bond donors (Lipinski definition) is 2. The summed E-state index contributed by atoms with van der Waals surface area (Å²) in [6.07, 6.45) is 1.71. The minimum Gasteiger partial charge on any atom is -0.480 e. The molecule has 18 heavy (non-hydrogen) atoms. The topological polar surface area (TPSA) is 58.6 Å². The molecule has 0 aromatic heterocycles. The summed E-state index contributed by atoms with van der Waals surface area (Å²) in [4.78, 5) is 10.5. The van der Waals surface area contributed by atoms with E-state index in [1.54, 1.807) is 12.1 Å².